The van der Waals surface area contributed by atoms with E-state index in [1.807, 2.05) is 6.07 Å². The number of hydrogen-bond donors (Lipinski definition) is 0. The van der Waals surface area contributed by atoms with Crippen LogP contribution in [-0.4, -0.2) is 14.5 Å². The molecule has 2 aromatic heterocycles. The minimum atomic E-state index is -0.235. The number of benzene rings is 6. The molecule has 234 valence electrons. The van der Waals surface area contributed by atoms with Crippen LogP contribution in [0.1, 0.15) is 50.1 Å². The molecular formula is C46H35N3. The van der Waals surface area contributed by atoms with E-state index in [4.69, 9.17) is 9.97 Å². The van der Waals surface area contributed by atoms with Crippen molar-refractivity contribution >= 4 is 21.8 Å². The van der Waals surface area contributed by atoms with Crippen LogP contribution in [0.4, 0.5) is 0 Å². The van der Waals surface area contributed by atoms with Gasteiger partial charge in [-0.25, -0.2) is 9.97 Å². The van der Waals surface area contributed by atoms with Crippen LogP contribution in [-0.2, 0) is 10.8 Å². The summed E-state index contributed by atoms with van der Waals surface area (Å²) in [5.74, 6) is 0.763. The minimum absolute atomic E-state index is 0.132. The van der Waals surface area contributed by atoms with Crippen molar-refractivity contribution in [1.82, 2.24) is 14.5 Å². The third kappa shape index (κ3) is 3.79. The Morgan fingerprint density at radius 2 is 1.14 bits per heavy atom. The van der Waals surface area contributed by atoms with Crippen molar-refractivity contribution in [2.24, 2.45) is 0 Å². The van der Waals surface area contributed by atoms with E-state index >= 15 is 0 Å². The summed E-state index contributed by atoms with van der Waals surface area (Å²) in [6.45, 7) is 9.32. The summed E-state index contributed by atoms with van der Waals surface area (Å²) in [6, 6.07) is 50.6. The highest BCUT2D eigenvalue weighted by molar-refractivity contribution is 6.13. The fourth-order valence-corrected chi connectivity index (χ4v) is 8.82. The second kappa shape index (κ2) is 9.87. The Morgan fingerprint density at radius 3 is 1.92 bits per heavy atom. The minimum Gasteiger partial charge on any atom is -0.309 e. The Kier molecular flexibility index (Phi) is 5.69. The van der Waals surface area contributed by atoms with Crippen LogP contribution in [0.25, 0.3) is 72.4 Å². The summed E-state index contributed by atoms with van der Waals surface area (Å²) in [6.07, 6.45) is 0. The largest absolute Gasteiger partial charge is 0.309 e. The second-order valence-electron chi connectivity index (χ2n) is 14.6. The van der Waals surface area contributed by atoms with Crippen LogP contribution >= 0.6 is 0 Å². The number of aromatic nitrogens is 3. The Bertz CT molecular complexity index is 2640. The molecule has 0 saturated heterocycles. The van der Waals surface area contributed by atoms with Crippen LogP contribution in [0.3, 0.4) is 0 Å². The molecule has 0 unspecified atom stereocenters. The molecule has 0 bridgehead atoms. The van der Waals surface area contributed by atoms with Crippen LogP contribution in [0.2, 0.25) is 0 Å². The number of nitrogens with zero attached hydrogens (tertiary/aromatic N) is 3. The van der Waals surface area contributed by atoms with Gasteiger partial charge in [0.2, 0.25) is 0 Å². The maximum Gasteiger partial charge on any atom is 0.160 e. The highest BCUT2D eigenvalue weighted by Gasteiger charge is 2.40. The van der Waals surface area contributed by atoms with E-state index in [1.54, 1.807) is 0 Å². The van der Waals surface area contributed by atoms with E-state index in [1.165, 1.54) is 55.2 Å². The monoisotopic (exact) mass is 629 g/mol. The predicted molar refractivity (Wildman–Crippen MR) is 202 cm³/mol. The first kappa shape index (κ1) is 28.2. The summed E-state index contributed by atoms with van der Waals surface area (Å²) in [5, 5.41) is 2.57. The number of fused-ring (bicyclic) bond motifs is 10. The normalized spacial score (nSPS) is 14.9. The lowest BCUT2D eigenvalue weighted by atomic mass is 9.81. The summed E-state index contributed by atoms with van der Waals surface area (Å²) < 4.78 is 2.49. The molecule has 0 N–H and O–H groups in total. The summed E-state index contributed by atoms with van der Waals surface area (Å²) in [4.78, 5) is 10.6. The van der Waals surface area contributed by atoms with Crippen molar-refractivity contribution in [3.05, 3.63) is 162 Å². The standard InChI is InChI=1S/C46H35N3/c1-45(2)36-19-11-8-16-31(36)33-26-27-34-32-17-10-13-21-38(32)49(42(34)40(33)45)30-24-22-28(23-25-30)41-39-35-18-9-12-20-37(35)46(3,4)43(39)48-44(47-41)29-14-6-5-7-15-29/h5-27H,1-4H3. The first-order chi connectivity index (χ1) is 23.8. The molecule has 0 amide bonds. The van der Waals surface area contributed by atoms with Gasteiger partial charge >= 0.3 is 0 Å². The van der Waals surface area contributed by atoms with Gasteiger partial charge in [0, 0.05) is 44.0 Å². The first-order valence-electron chi connectivity index (χ1n) is 17.2. The van der Waals surface area contributed by atoms with Gasteiger partial charge in [-0.05, 0) is 51.6 Å². The quantitative estimate of drug-likeness (QED) is 0.195. The van der Waals surface area contributed by atoms with Crippen molar-refractivity contribution in [2.45, 2.75) is 38.5 Å². The molecule has 3 heteroatoms. The third-order valence-electron chi connectivity index (χ3n) is 11.2. The van der Waals surface area contributed by atoms with Gasteiger partial charge in [0.05, 0.1) is 22.4 Å². The number of para-hydroxylation sites is 1. The maximum absolute atomic E-state index is 5.31. The Labute approximate surface area is 286 Å². The van der Waals surface area contributed by atoms with E-state index < -0.39 is 0 Å². The molecule has 0 fully saturated rings. The van der Waals surface area contributed by atoms with Gasteiger partial charge in [-0.2, -0.15) is 0 Å². The molecule has 2 aliphatic rings. The van der Waals surface area contributed by atoms with Gasteiger partial charge in [-0.1, -0.05) is 149 Å². The zero-order chi connectivity index (χ0) is 33.1. The second-order valence-corrected chi connectivity index (χ2v) is 14.6. The van der Waals surface area contributed by atoms with Crippen molar-refractivity contribution in [3.63, 3.8) is 0 Å². The van der Waals surface area contributed by atoms with Gasteiger partial charge in [-0.15, -0.1) is 0 Å². The van der Waals surface area contributed by atoms with Crippen LogP contribution in [0.15, 0.2) is 140 Å². The lowest BCUT2D eigenvalue weighted by Gasteiger charge is -2.23. The third-order valence-corrected chi connectivity index (χ3v) is 11.2. The highest BCUT2D eigenvalue weighted by atomic mass is 15.0. The summed E-state index contributed by atoms with van der Waals surface area (Å²) in [5.41, 5.74) is 16.6. The van der Waals surface area contributed by atoms with E-state index in [0.717, 1.165) is 39.6 Å². The Balaban J connectivity index is 1.21. The zero-order valence-electron chi connectivity index (χ0n) is 28.1. The predicted octanol–water partition coefficient (Wildman–Crippen LogP) is 11.5. The molecular weight excluding hydrogens is 595 g/mol. The molecule has 3 nitrogen and oxygen atoms in total. The van der Waals surface area contributed by atoms with Gasteiger partial charge in [0.15, 0.2) is 5.82 Å². The van der Waals surface area contributed by atoms with Crippen LogP contribution < -0.4 is 0 Å². The molecule has 49 heavy (non-hydrogen) atoms. The Hall–Kier alpha value is -5.80. The topological polar surface area (TPSA) is 30.7 Å². The van der Waals surface area contributed by atoms with Crippen LogP contribution in [0.5, 0.6) is 0 Å². The van der Waals surface area contributed by atoms with Crippen molar-refractivity contribution in [1.29, 1.82) is 0 Å². The van der Waals surface area contributed by atoms with E-state index in [2.05, 4.69) is 166 Å². The molecule has 0 spiro atoms. The van der Waals surface area contributed by atoms with Crippen LogP contribution in [0, 0.1) is 0 Å². The molecule has 0 radical (unpaired) electrons. The highest BCUT2D eigenvalue weighted by Crippen LogP contribution is 2.54. The van der Waals surface area contributed by atoms with Gasteiger partial charge < -0.3 is 4.57 Å². The number of hydrogen-bond acceptors (Lipinski definition) is 2. The summed E-state index contributed by atoms with van der Waals surface area (Å²) >= 11 is 0. The van der Waals surface area contributed by atoms with E-state index in [0.29, 0.717) is 0 Å². The lowest BCUT2D eigenvalue weighted by Crippen LogP contribution is -2.17. The average molecular weight is 630 g/mol. The average Bonchev–Trinajstić information content (AvgIpc) is 3.69. The van der Waals surface area contributed by atoms with Gasteiger partial charge in [-0.3, -0.25) is 0 Å². The lowest BCUT2D eigenvalue weighted by molar-refractivity contribution is 0.636. The maximum atomic E-state index is 5.31. The zero-order valence-corrected chi connectivity index (χ0v) is 28.1. The summed E-state index contributed by atoms with van der Waals surface area (Å²) in [7, 11) is 0. The van der Waals surface area contributed by atoms with Crippen molar-refractivity contribution in [3.8, 4) is 50.6 Å². The SMILES string of the molecule is CC1(C)c2ccccc2-c2c(-c3ccc(-n4c5ccccc5c5ccc6c(c54)C(C)(C)c4ccccc4-6)cc3)nc(-c3ccccc3)nc21. The molecule has 2 aliphatic carbocycles. The van der Waals surface area contributed by atoms with E-state index in [9.17, 15) is 0 Å². The molecule has 0 saturated carbocycles. The molecule has 10 rings (SSSR count). The fraction of sp³-hybridized carbons (Fsp3) is 0.130. The fourth-order valence-electron chi connectivity index (χ4n) is 8.82. The molecule has 0 aliphatic heterocycles. The molecule has 6 aromatic carbocycles. The van der Waals surface area contributed by atoms with Gasteiger partial charge in [0.25, 0.3) is 0 Å². The molecule has 0 atom stereocenters. The Morgan fingerprint density at radius 1 is 0.490 bits per heavy atom. The van der Waals surface area contributed by atoms with Crippen molar-refractivity contribution < 1.29 is 0 Å². The molecule has 8 aromatic rings. The number of rotatable bonds is 3. The first-order valence-corrected chi connectivity index (χ1v) is 17.2. The molecule has 2 heterocycles. The van der Waals surface area contributed by atoms with Crippen molar-refractivity contribution in [2.75, 3.05) is 0 Å². The smallest absolute Gasteiger partial charge is 0.160 e. The van der Waals surface area contributed by atoms with E-state index in [-0.39, 0.29) is 10.8 Å². The van der Waals surface area contributed by atoms with Gasteiger partial charge in [0.1, 0.15) is 0 Å².